The summed E-state index contributed by atoms with van der Waals surface area (Å²) in [6, 6.07) is 14.2. The van der Waals surface area contributed by atoms with Gasteiger partial charge in [-0.15, -0.1) is 0 Å². The van der Waals surface area contributed by atoms with E-state index in [-0.39, 0.29) is 0 Å². The fourth-order valence-corrected chi connectivity index (χ4v) is 1.95. The number of nitrogens with zero attached hydrogens (tertiary/aromatic N) is 2. The van der Waals surface area contributed by atoms with Crippen molar-refractivity contribution in [2.24, 2.45) is 0 Å². The number of methoxy groups -OCH3 is 1. The molecule has 0 radical (unpaired) electrons. The number of ether oxygens (including phenoxy) is 1. The van der Waals surface area contributed by atoms with Crippen molar-refractivity contribution < 1.29 is 4.74 Å². The normalized spacial score (nSPS) is 10.5. The molecule has 3 heteroatoms. The molecule has 0 aliphatic rings. The maximum atomic E-state index is 5.16. The Morgan fingerprint density at radius 1 is 0.944 bits per heavy atom. The van der Waals surface area contributed by atoms with E-state index in [1.165, 1.54) is 0 Å². The lowest BCUT2D eigenvalue weighted by atomic mass is 10.0. The number of fused-ring (bicyclic) bond motifs is 1. The molecule has 0 aliphatic heterocycles. The second-order valence-corrected chi connectivity index (χ2v) is 4.02. The molecule has 0 unspecified atom stereocenters. The number of rotatable bonds is 2. The Morgan fingerprint density at radius 2 is 1.72 bits per heavy atom. The van der Waals surface area contributed by atoms with E-state index in [1.807, 2.05) is 36.5 Å². The molecule has 1 heterocycles. The van der Waals surface area contributed by atoms with E-state index >= 15 is 0 Å². The minimum atomic E-state index is 0.864. The summed E-state index contributed by atoms with van der Waals surface area (Å²) in [5, 5.41) is 1.05. The first-order chi connectivity index (χ1) is 8.86. The molecule has 3 rings (SSSR count). The lowest BCUT2D eigenvalue weighted by Gasteiger charge is -2.05. The van der Waals surface area contributed by atoms with Crippen molar-refractivity contribution in [3.63, 3.8) is 0 Å². The molecule has 18 heavy (non-hydrogen) atoms. The van der Waals surface area contributed by atoms with E-state index < -0.39 is 0 Å². The molecule has 0 spiro atoms. The number of hydrogen-bond donors (Lipinski definition) is 0. The minimum Gasteiger partial charge on any atom is -0.497 e. The largest absolute Gasteiger partial charge is 0.497 e. The van der Waals surface area contributed by atoms with E-state index in [0.717, 1.165) is 27.8 Å². The summed E-state index contributed by atoms with van der Waals surface area (Å²) >= 11 is 0. The first-order valence-electron chi connectivity index (χ1n) is 5.71. The van der Waals surface area contributed by atoms with Gasteiger partial charge in [0.15, 0.2) is 0 Å². The average Bonchev–Trinajstić information content (AvgIpc) is 2.47. The second kappa shape index (κ2) is 4.45. The molecule has 88 valence electrons. The zero-order valence-corrected chi connectivity index (χ0v) is 10.00. The SMILES string of the molecule is COc1ccc(-c2ccc3ncncc3c2)cc1. The van der Waals surface area contributed by atoms with Crippen LogP contribution in [-0.4, -0.2) is 17.1 Å². The van der Waals surface area contributed by atoms with Crippen LogP contribution in [0.4, 0.5) is 0 Å². The van der Waals surface area contributed by atoms with Gasteiger partial charge in [0, 0.05) is 11.6 Å². The zero-order valence-electron chi connectivity index (χ0n) is 10.00. The highest BCUT2D eigenvalue weighted by Crippen LogP contribution is 2.24. The van der Waals surface area contributed by atoms with Crippen LogP contribution in [0.1, 0.15) is 0 Å². The minimum absolute atomic E-state index is 0.864. The van der Waals surface area contributed by atoms with Crippen LogP contribution in [0.15, 0.2) is 55.0 Å². The lowest BCUT2D eigenvalue weighted by molar-refractivity contribution is 0.415. The molecule has 3 nitrogen and oxygen atoms in total. The predicted molar refractivity (Wildman–Crippen MR) is 71.5 cm³/mol. The molecule has 0 bridgehead atoms. The van der Waals surface area contributed by atoms with Gasteiger partial charge in [-0.25, -0.2) is 9.97 Å². The summed E-state index contributed by atoms with van der Waals surface area (Å²) < 4.78 is 5.16. The molecule has 2 aromatic carbocycles. The molecule has 0 fully saturated rings. The topological polar surface area (TPSA) is 35.0 Å². The smallest absolute Gasteiger partial charge is 0.118 e. The third kappa shape index (κ3) is 1.91. The van der Waals surface area contributed by atoms with Gasteiger partial charge in [0.1, 0.15) is 12.1 Å². The highest BCUT2D eigenvalue weighted by molar-refractivity contribution is 5.83. The average molecular weight is 236 g/mol. The molecular weight excluding hydrogens is 224 g/mol. The molecular formula is C15H12N2O. The van der Waals surface area contributed by atoms with Gasteiger partial charge in [0.25, 0.3) is 0 Å². The highest BCUT2D eigenvalue weighted by Gasteiger charge is 2.00. The van der Waals surface area contributed by atoms with Crippen molar-refractivity contribution in [2.75, 3.05) is 7.11 Å². The summed E-state index contributed by atoms with van der Waals surface area (Å²) in [6.45, 7) is 0. The van der Waals surface area contributed by atoms with Gasteiger partial charge in [-0.1, -0.05) is 18.2 Å². The molecule has 0 saturated heterocycles. The van der Waals surface area contributed by atoms with Crippen molar-refractivity contribution in [3.05, 3.63) is 55.0 Å². The van der Waals surface area contributed by atoms with Crippen LogP contribution >= 0.6 is 0 Å². The van der Waals surface area contributed by atoms with Gasteiger partial charge < -0.3 is 4.74 Å². The summed E-state index contributed by atoms with van der Waals surface area (Å²) in [5.74, 6) is 0.864. The van der Waals surface area contributed by atoms with Gasteiger partial charge in [-0.05, 0) is 35.4 Å². The highest BCUT2D eigenvalue weighted by atomic mass is 16.5. The molecule has 0 N–H and O–H groups in total. The Bertz CT molecular complexity index is 677. The Kier molecular flexibility index (Phi) is 2.65. The van der Waals surface area contributed by atoms with Crippen LogP contribution in [0.25, 0.3) is 22.0 Å². The Morgan fingerprint density at radius 3 is 2.50 bits per heavy atom. The standard InChI is InChI=1S/C15H12N2O/c1-18-14-5-2-11(3-6-14)12-4-7-15-13(8-12)9-16-10-17-15/h2-10H,1H3. The van der Waals surface area contributed by atoms with E-state index in [2.05, 4.69) is 22.1 Å². The summed E-state index contributed by atoms with van der Waals surface area (Å²) in [7, 11) is 1.67. The van der Waals surface area contributed by atoms with Gasteiger partial charge in [0.2, 0.25) is 0 Å². The second-order valence-electron chi connectivity index (χ2n) is 4.02. The van der Waals surface area contributed by atoms with Crippen molar-refractivity contribution in [2.45, 2.75) is 0 Å². The lowest BCUT2D eigenvalue weighted by Crippen LogP contribution is -1.84. The fraction of sp³-hybridized carbons (Fsp3) is 0.0667. The molecule has 1 aromatic heterocycles. The van der Waals surface area contributed by atoms with Crippen LogP contribution in [0.5, 0.6) is 5.75 Å². The molecule has 0 aliphatic carbocycles. The van der Waals surface area contributed by atoms with Crippen molar-refractivity contribution in [3.8, 4) is 16.9 Å². The summed E-state index contributed by atoms with van der Waals surface area (Å²) in [4.78, 5) is 8.26. The van der Waals surface area contributed by atoms with E-state index in [9.17, 15) is 0 Å². The number of aromatic nitrogens is 2. The predicted octanol–water partition coefficient (Wildman–Crippen LogP) is 3.31. The Hall–Kier alpha value is -2.42. The summed E-state index contributed by atoms with van der Waals surface area (Å²) in [5.41, 5.74) is 3.27. The van der Waals surface area contributed by atoms with Crippen LogP contribution in [0.2, 0.25) is 0 Å². The van der Waals surface area contributed by atoms with E-state index in [0.29, 0.717) is 0 Å². The van der Waals surface area contributed by atoms with E-state index in [1.54, 1.807) is 13.4 Å². The van der Waals surface area contributed by atoms with Crippen LogP contribution in [-0.2, 0) is 0 Å². The fourth-order valence-electron chi connectivity index (χ4n) is 1.95. The van der Waals surface area contributed by atoms with Gasteiger partial charge in [-0.2, -0.15) is 0 Å². The van der Waals surface area contributed by atoms with Crippen LogP contribution in [0, 0.1) is 0 Å². The van der Waals surface area contributed by atoms with Crippen molar-refractivity contribution in [1.29, 1.82) is 0 Å². The Balaban J connectivity index is 2.07. The van der Waals surface area contributed by atoms with Gasteiger partial charge in [-0.3, -0.25) is 0 Å². The molecule has 0 saturated carbocycles. The maximum absolute atomic E-state index is 5.16. The van der Waals surface area contributed by atoms with Crippen LogP contribution < -0.4 is 4.74 Å². The third-order valence-electron chi connectivity index (χ3n) is 2.93. The molecule has 0 atom stereocenters. The number of hydrogen-bond acceptors (Lipinski definition) is 3. The molecule has 0 amide bonds. The quantitative estimate of drug-likeness (QED) is 0.684. The van der Waals surface area contributed by atoms with Gasteiger partial charge in [0.05, 0.1) is 12.6 Å². The number of benzene rings is 2. The first kappa shape index (κ1) is 10.7. The monoisotopic (exact) mass is 236 g/mol. The van der Waals surface area contributed by atoms with Crippen LogP contribution in [0.3, 0.4) is 0 Å². The summed E-state index contributed by atoms with van der Waals surface area (Å²) in [6.07, 6.45) is 3.39. The molecule has 3 aromatic rings. The van der Waals surface area contributed by atoms with E-state index in [4.69, 9.17) is 4.74 Å². The van der Waals surface area contributed by atoms with Crippen molar-refractivity contribution in [1.82, 2.24) is 9.97 Å². The zero-order chi connectivity index (χ0) is 12.4. The maximum Gasteiger partial charge on any atom is 0.118 e. The van der Waals surface area contributed by atoms with Crippen molar-refractivity contribution >= 4 is 10.9 Å². The van der Waals surface area contributed by atoms with Gasteiger partial charge >= 0.3 is 0 Å². The Labute approximate surface area is 105 Å². The first-order valence-corrected chi connectivity index (χ1v) is 5.71. The third-order valence-corrected chi connectivity index (χ3v) is 2.93.